The molecule has 0 spiro atoms. The van der Waals surface area contributed by atoms with Crippen molar-refractivity contribution in [3.05, 3.63) is 196 Å². The first-order valence-electron chi connectivity index (χ1n) is 37.1. The smallest absolute Gasteiger partial charge is 0.410 e. The first-order valence-corrected chi connectivity index (χ1v) is 44.2. The van der Waals surface area contributed by atoms with Crippen molar-refractivity contribution in [3.8, 4) is 17.2 Å². The highest BCUT2D eigenvalue weighted by atomic mass is 32.2. The van der Waals surface area contributed by atoms with Gasteiger partial charge in [-0.3, -0.25) is 19.4 Å². The highest BCUT2D eigenvalue weighted by molar-refractivity contribution is 8.03. The van der Waals surface area contributed by atoms with Crippen LogP contribution in [-0.4, -0.2) is 195 Å². The number of hydrogen-bond acceptors (Lipinski definition) is 24. The minimum Gasteiger partial charge on any atom is -0.493 e. The number of carbonyl (C=O) groups is 2. The molecule has 2 unspecified atom stereocenters. The average molecular weight is 1710 g/mol. The van der Waals surface area contributed by atoms with E-state index in [1.807, 2.05) is 4.90 Å². The van der Waals surface area contributed by atoms with Gasteiger partial charge in [0.2, 0.25) is 25.2 Å². The number of thioether (sulfide) groups is 1. The monoisotopic (exact) mass is 1710 g/mol. The Morgan fingerprint density at radius 2 is 1.02 bits per heavy atom. The number of fused-ring (bicyclic) bond motifs is 3. The number of sulfonamides is 3. The maximum absolute atomic E-state index is 16.5. The molecule has 26 nitrogen and oxygen atoms in total. The Morgan fingerprint density at radius 3 is 1.53 bits per heavy atom. The summed E-state index contributed by atoms with van der Waals surface area (Å²) in [4.78, 5) is 44.4. The predicted octanol–water partition coefficient (Wildman–Crippen LogP) is 13.0. The zero-order chi connectivity index (χ0) is 81.1. The van der Waals surface area contributed by atoms with Gasteiger partial charge in [-0.15, -0.1) is 0 Å². The van der Waals surface area contributed by atoms with Crippen molar-refractivity contribution in [1.82, 2.24) is 53.1 Å². The van der Waals surface area contributed by atoms with E-state index in [9.17, 15) is 61.2 Å². The Morgan fingerprint density at radius 1 is 0.539 bits per heavy atom. The molecule has 1 aromatic heterocycles. The lowest BCUT2D eigenvalue weighted by Crippen LogP contribution is -2.54. The third-order valence-electron chi connectivity index (χ3n) is 21.8. The number of likely N-dealkylation sites (tertiary alicyclic amines) is 1. The fourth-order valence-corrected chi connectivity index (χ4v) is 22.5. The van der Waals surface area contributed by atoms with Gasteiger partial charge < -0.3 is 43.3 Å². The van der Waals surface area contributed by atoms with E-state index in [1.54, 1.807) is 90.4 Å². The summed E-state index contributed by atoms with van der Waals surface area (Å²) in [6.07, 6.45) is -0.822. The van der Waals surface area contributed by atoms with Crippen molar-refractivity contribution in [3.63, 3.8) is 0 Å². The SMILES string of the molecule is CC(C)(CN1C=CSC1NS(=O)(=O)c1cc2c(cc1F)[C@@H](N1CC[C@H](C(F)(F)F)C[C@@H]1c1ccc(F)cc1)CCO2)OC(=O)N1CCN([C@@H]2CCOc3cc(S(=O)(=O)NC4SN=CN4CC(C)(C)OC(=O)N4CCN([C@H]5CCOc6cc(S(=O)(=O)Nc7ncns7)ccc65)[C@H](c5ccc(F)cc5)C4)ccc32)[C@H](c2ccc(F)cc2)C1. The van der Waals surface area contributed by atoms with E-state index < -0.39 is 129 Å². The zero-order valence-electron chi connectivity index (χ0n) is 62.4. The van der Waals surface area contributed by atoms with Gasteiger partial charge in [-0.1, -0.05) is 60.3 Å². The fourth-order valence-electron chi connectivity index (χ4n) is 16.3. The van der Waals surface area contributed by atoms with Gasteiger partial charge in [0, 0.05) is 147 Å². The van der Waals surface area contributed by atoms with E-state index in [1.165, 1.54) is 90.4 Å². The first-order chi connectivity index (χ1) is 54.7. The molecule has 8 aliphatic heterocycles. The third-order valence-corrected chi connectivity index (χ3v) is 28.7. The number of halogens is 7. The number of alkyl halides is 3. The standard InChI is InChI=1S/C76H82F7N13O13S6/c1-74(2,42-92-30-34-110-70(92)88-115(103,104)68-39-67-57(38-58(68)80)61(24-33-107-67)94-25-21-49(76(81,82)83)35-62(94)46-5-11-50(77)12-6-46)108-72(97)90-26-28-96(63(40-90)47-7-13-51(78)14-8-47)60-23-32-106-66-37-54(18-20-56(60)66)114(101,102)89-71-93(45-86-112-71)43-75(3,4)109-73(98)91-27-29-95(64(41-91)48-9-15-52(79)16-10-48)59-22-31-105-65-36-53(17-19-55(59)65)113(99,100)87-69-84-44-85-111-69/h5-20,30,34,36-39,44-45,49,59-64,70-71,88-89H,21-29,31-33,35,40-43H2,1-4H3,(H,84,85,87)/t49-,59-,60+,61-,62+,63-,64-,70?,71?/m0/s1. The number of anilines is 1. The van der Waals surface area contributed by atoms with Crippen LogP contribution in [0.15, 0.2) is 158 Å². The van der Waals surface area contributed by atoms with Gasteiger partial charge in [-0.05, 0) is 124 Å². The van der Waals surface area contributed by atoms with Gasteiger partial charge >= 0.3 is 18.4 Å². The summed E-state index contributed by atoms with van der Waals surface area (Å²) >= 11 is 2.91. The van der Waals surface area contributed by atoms with Crippen LogP contribution >= 0.6 is 35.2 Å². The van der Waals surface area contributed by atoms with Crippen LogP contribution in [0.4, 0.5) is 45.5 Å². The summed E-state index contributed by atoms with van der Waals surface area (Å²) in [5.74, 6) is -3.51. The van der Waals surface area contributed by atoms with Crippen molar-refractivity contribution in [2.24, 2.45) is 10.3 Å². The molecule has 9 atom stereocenters. The van der Waals surface area contributed by atoms with Gasteiger partial charge in [0.05, 0.1) is 60.7 Å². The quantitative estimate of drug-likeness (QED) is 0.0445. The highest BCUT2D eigenvalue weighted by Crippen LogP contribution is 2.51. The molecule has 614 valence electrons. The highest BCUT2D eigenvalue weighted by Gasteiger charge is 2.49. The van der Waals surface area contributed by atoms with Gasteiger partial charge in [-0.25, -0.2) is 61.8 Å². The van der Waals surface area contributed by atoms with E-state index >= 15 is 4.39 Å². The van der Waals surface area contributed by atoms with Crippen molar-refractivity contribution in [2.45, 2.75) is 139 Å². The molecule has 9 heterocycles. The molecule has 0 aliphatic carbocycles. The Labute approximate surface area is 673 Å². The van der Waals surface area contributed by atoms with E-state index in [-0.39, 0.29) is 130 Å². The van der Waals surface area contributed by atoms with Crippen molar-refractivity contribution < 1.29 is 89.3 Å². The second-order valence-electron chi connectivity index (χ2n) is 30.4. The van der Waals surface area contributed by atoms with Crippen LogP contribution in [0, 0.1) is 29.2 Å². The number of nitrogens with one attached hydrogen (secondary N) is 3. The number of carbonyl (C=O) groups excluding carboxylic acids is 2. The van der Waals surface area contributed by atoms with Crippen LogP contribution < -0.4 is 28.4 Å². The largest absolute Gasteiger partial charge is 0.493 e. The molecule has 7 aromatic rings. The molecular weight excluding hydrogens is 1630 g/mol. The Bertz CT molecular complexity index is 5190. The summed E-state index contributed by atoms with van der Waals surface area (Å²) in [6, 6.07) is 25.4. The summed E-state index contributed by atoms with van der Waals surface area (Å²) in [7, 11) is -13.0. The van der Waals surface area contributed by atoms with Crippen LogP contribution in [0.5, 0.6) is 17.2 Å². The summed E-state index contributed by atoms with van der Waals surface area (Å²) in [6.45, 7) is 8.29. The molecule has 0 radical (unpaired) electrons. The zero-order valence-corrected chi connectivity index (χ0v) is 67.3. The van der Waals surface area contributed by atoms with Crippen molar-refractivity contribution >= 4 is 89.0 Å². The minimum atomic E-state index is -4.67. The topological polar surface area (TPSA) is 280 Å². The number of ether oxygens (including phenoxy) is 5. The molecule has 6 aromatic carbocycles. The lowest BCUT2D eigenvalue weighted by Gasteiger charge is -2.47. The van der Waals surface area contributed by atoms with E-state index in [4.69, 9.17) is 23.7 Å². The molecule has 2 amide bonds. The van der Waals surface area contributed by atoms with Crippen molar-refractivity contribution in [2.75, 3.05) is 83.4 Å². The minimum absolute atomic E-state index is 0.00872. The normalized spacial score (nSPS) is 23.8. The molecule has 115 heavy (non-hydrogen) atoms. The van der Waals surface area contributed by atoms with E-state index in [2.05, 4.69) is 37.7 Å². The molecule has 3 N–H and O–H groups in total. The summed E-state index contributed by atoms with van der Waals surface area (Å²) < 4.78 is 233. The maximum Gasteiger partial charge on any atom is 0.410 e. The number of piperazine rings is 2. The number of amides is 2. The van der Waals surface area contributed by atoms with Gasteiger partial charge in [0.25, 0.3) is 10.0 Å². The third kappa shape index (κ3) is 18.0. The number of nitrogens with zero attached hydrogens (tertiary/aromatic N) is 10. The van der Waals surface area contributed by atoms with E-state index in [0.717, 1.165) is 58.5 Å². The summed E-state index contributed by atoms with van der Waals surface area (Å²) in [5, 5.41) is 1.73. The molecule has 3 fully saturated rings. The first kappa shape index (κ1) is 81.6. The summed E-state index contributed by atoms with van der Waals surface area (Å²) in [5.41, 5.74) is -1.06. The number of rotatable bonds is 21. The molecule has 0 saturated carbocycles. The van der Waals surface area contributed by atoms with Crippen molar-refractivity contribution in [1.29, 1.82) is 0 Å². The van der Waals surface area contributed by atoms with Crippen LogP contribution in [0.2, 0.25) is 0 Å². The molecular formula is C76H82F7N13O13S6. The predicted molar refractivity (Wildman–Crippen MR) is 414 cm³/mol. The molecule has 39 heteroatoms. The lowest BCUT2D eigenvalue weighted by molar-refractivity contribution is -0.192. The molecule has 0 bridgehead atoms. The average Bonchev–Trinajstić information content (AvgIpc) is 1.25. The van der Waals surface area contributed by atoms with Crippen LogP contribution in [-0.2, 0) is 39.5 Å². The number of aromatic nitrogens is 2. The van der Waals surface area contributed by atoms with Gasteiger partial charge in [0.1, 0.15) is 74.8 Å². The lowest BCUT2D eigenvalue weighted by atomic mass is 9.84. The van der Waals surface area contributed by atoms with Gasteiger partial charge in [-0.2, -0.15) is 27.0 Å². The Kier molecular flexibility index (Phi) is 23.3. The van der Waals surface area contributed by atoms with Crippen LogP contribution in [0.3, 0.4) is 0 Å². The van der Waals surface area contributed by atoms with Crippen LogP contribution in [0.25, 0.3) is 0 Å². The second-order valence-corrected chi connectivity index (χ2v) is 38.1. The van der Waals surface area contributed by atoms with Gasteiger partial charge in [0.15, 0.2) is 5.50 Å². The maximum atomic E-state index is 16.5. The number of benzene rings is 6. The fraction of sp³-hybridized carbons (Fsp3) is 0.434. The second kappa shape index (κ2) is 32.8. The molecule has 8 aliphatic rings. The molecule has 15 rings (SSSR count). The van der Waals surface area contributed by atoms with E-state index in [0.29, 0.717) is 47.6 Å². The molecule has 3 saturated heterocycles. The Balaban J connectivity index is 0.569. The van der Waals surface area contributed by atoms with Crippen LogP contribution in [0.1, 0.15) is 129 Å². The Hall–Kier alpha value is -8.51. The number of hydrogen-bond donors (Lipinski definition) is 3. The number of piperidine rings is 1.